The van der Waals surface area contributed by atoms with Gasteiger partial charge >= 0.3 is 5.97 Å². The highest BCUT2D eigenvalue weighted by molar-refractivity contribution is 5.77. The fraction of sp³-hybridized carbons (Fsp3) is 0.729. The molecule has 3 atom stereocenters. The molecule has 0 bridgehead atoms. The van der Waals surface area contributed by atoms with Crippen LogP contribution in [0.25, 0.3) is 0 Å². The van der Waals surface area contributed by atoms with Gasteiger partial charge in [-0.05, 0) is 96.3 Å². The molecule has 0 saturated carbocycles. The molecule has 3 N–H and O–H groups in total. The molecule has 1 amide bonds. The number of aliphatic hydroxyl groups excluding tert-OH is 2. The van der Waals surface area contributed by atoms with Crippen molar-refractivity contribution in [2.75, 3.05) is 6.61 Å². The number of hydrogen-bond acceptors (Lipinski definition) is 5. The van der Waals surface area contributed by atoms with Crippen LogP contribution >= 0.6 is 0 Å². The summed E-state index contributed by atoms with van der Waals surface area (Å²) in [6.07, 6.45) is 67.8. The molecule has 0 rings (SSSR count). The topological polar surface area (TPSA) is 95.9 Å². The zero-order valence-corrected chi connectivity index (χ0v) is 42.6. The van der Waals surface area contributed by atoms with Gasteiger partial charge in [0.05, 0.1) is 25.2 Å². The molecule has 65 heavy (non-hydrogen) atoms. The molecule has 0 aliphatic rings. The maximum atomic E-state index is 13.2. The summed E-state index contributed by atoms with van der Waals surface area (Å²) in [5.41, 5.74) is 0. The largest absolute Gasteiger partial charge is 0.462 e. The van der Waals surface area contributed by atoms with E-state index in [-0.39, 0.29) is 24.9 Å². The molecule has 0 aromatic carbocycles. The maximum absolute atomic E-state index is 13.2. The predicted octanol–water partition coefficient (Wildman–Crippen LogP) is 16.7. The summed E-state index contributed by atoms with van der Waals surface area (Å²) in [7, 11) is 0. The fourth-order valence-corrected chi connectivity index (χ4v) is 7.85. The van der Waals surface area contributed by atoms with Crippen LogP contribution in [0.4, 0.5) is 0 Å². The first-order chi connectivity index (χ1) is 32.0. The molecule has 0 spiro atoms. The number of carbonyl (C=O) groups excluding carboxylic acids is 2. The van der Waals surface area contributed by atoms with Crippen LogP contribution in [0.15, 0.2) is 85.1 Å². The van der Waals surface area contributed by atoms with Crippen LogP contribution in [-0.2, 0) is 14.3 Å². The number of unbranched alkanes of at least 4 members (excludes halogenated alkanes) is 22. The van der Waals surface area contributed by atoms with Gasteiger partial charge in [-0.25, -0.2) is 0 Å². The molecule has 374 valence electrons. The fourth-order valence-electron chi connectivity index (χ4n) is 7.85. The SMILES string of the molecule is CC/C=C/C/C=C/C/C=C/CCCCCCCCC(=O)OC(CCC/C=C\C/C=C\C/C=C\C/C=C\CCCCC)CC(=O)NC(CO)C(O)CCCCCCCCCCCCCCC. The Balaban J connectivity index is 4.71. The lowest BCUT2D eigenvalue weighted by Gasteiger charge is -2.24. The van der Waals surface area contributed by atoms with Gasteiger partial charge in [-0.1, -0.05) is 228 Å². The molecule has 6 nitrogen and oxygen atoms in total. The summed E-state index contributed by atoms with van der Waals surface area (Å²) < 4.78 is 5.92. The van der Waals surface area contributed by atoms with E-state index in [4.69, 9.17) is 4.74 Å². The van der Waals surface area contributed by atoms with Crippen molar-refractivity contribution >= 4 is 11.9 Å². The number of esters is 1. The van der Waals surface area contributed by atoms with Crippen molar-refractivity contribution in [3.63, 3.8) is 0 Å². The second-order valence-corrected chi connectivity index (χ2v) is 18.2. The van der Waals surface area contributed by atoms with E-state index in [9.17, 15) is 19.8 Å². The van der Waals surface area contributed by atoms with Gasteiger partial charge < -0.3 is 20.3 Å². The molecule has 0 saturated heterocycles. The van der Waals surface area contributed by atoms with E-state index in [0.29, 0.717) is 19.3 Å². The quantitative estimate of drug-likeness (QED) is 0.0321. The van der Waals surface area contributed by atoms with Gasteiger partial charge in [0.1, 0.15) is 6.10 Å². The summed E-state index contributed by atoms with van der Waals surface area (Å²) in [6.45, 7) is 6.33. The molecule has 0 heterocycles. The van der Waals surface area contributed by atoms with Gasteiger partial charge in [0.2, 0.25) is 5.91 Å². The summed E-state index contributed by atoms with van der Waals surface area (Å²) in [5.74, 6) is -0.544. The molecule has 0 aliphatic carbocycles. The number of ether oxygens (including phenoxy) is 1. The molecular weight excluding hydrogens is 803 g/mol. The van der Waals surface area contributed by atoms with Crippen LogP contribution in [0.1, 0.15) is 252 Å². The van der Waals surface area contributed by atoms with Crippen LogP contribution in [0.5, 0.6) is 0 Å². The molecule has 0 aromatic heterocycles. The van der Waals surface area contributed by atoms with Crippen molar-refractivity contribution in [1.29, 1.82) is 0 Å². The average molecular weight is 906 g/mol. The number of amides is 1. The Kier molecular flexibility index (Phi) is 49.6. The minimum Gasteiger partial charge on any atom is -0.462 e. The van der Waals surface area contributed by atoms with Gasteiger partial charge in [-0.2, -0.15) is 0 Å². The maximum Gasteiger partial charge on any atom is 0.306 e. The second kappa shape index (κ2) is 52.0. The lowest BCUT2D eigenvalue weighted by Crippen LogP contribution is -2.46. The van der Waals surface area contributed by atoms with Crippen molar-refractivity contribution in [3.8, 4) is 0 Å². The van der Waals surface area contributed by atoms with E-state index in [0.717, 1.165) is 96.3 Å². The number of rotatable bonds is 48. The Bertz CT molecular complexity index is 1250. The van der Waals surface area contributed by atoms with Crippen molar-refractivity contribution in [2.45, 2.75) is 270 Å². The van der Waals surface area contributed by atoms with Gasteiger partial charge in [-0.15, -0.1) is 0 Å². The van der Waals surface area contributed by atoms with Gasteiger partial charge in [0, 0.05) is 6.42 Å². The normalized spacial score (nSPS) is 13.9. The lowest BCUT2D eigenvalue weighted by atomic mass is 10.0. The molecule has 3 unspecified atom stereocenters. The first-order valence-corrected chi connectivity index (χ1v) is 27.3. The number of aliphatic hydroxyl groups is 2. The van der Waals surface area contributed by atoms with E-state index >= 15 is 0 Å². The standard InChI is InChI=1S/C59H103NO5/c1-4-7-10-13-16-19-22-25-27-29-30-33-35-38-41-44-47-50-55(65-59(64)52-49-46-43-40-37-34-31-28-26-23-20-17-14-11-8-5-2)53-58(63)60-56(54-61)57(62)51-48-45-42-39-36-32-24-21-18-15-12-9-6-3/h8,11,16-17,19-20,25-28,30,33,38,41,55-57,61-62H,4-7,9-10,12-15,18,21-24,29,31-32,34-37,39-40,42-54H2,1-3H3,(H,60,63)/b11-8+,19-16-,20-17+,27-25-,28-26+,33-30-,41-38-. The molecule has 0 radical (unpaired) electrons. The average Bonchev–Trinajstić information content (AvgIpc) is 3.30. The highest BCUT2D eigenvalue weighted by Gasteiger charge is 2.24. The smallest absolute Gasteiger partial charge is 0.306 e. The number of hydrogen-bond donors (Lipinski definition) is 3. The molecule has 6 heteroatoms. The third-order valence-corrected chi connectivity index (χ3v) is 12.0. The number of allylic oxidation sites excluding steroid dienone is 14. The zero-order valence-electron chi connectivity index (χ0n) is 42.6. The Labute approximate surface area is 402 Å². The first kappa shape index (κ1) is 62.0. The monoisotopic (exact) mass is 906 g/mol. The van der Waals surface area contributed by atoms with E-state index in [1.807, 2.05) is 0 Å². The summed E-state index contributed by atoms with van der Waals surface area (Å²) in [4.78, 5) is 26.2. The Morgan fingerprint density at radius 2 is 0.846 bits per heavy atom. The van der Waals surface area contributed by atoms with Crippen molar-refractivity contribution < 1.29 is 24.5 Å². The van der Waals surface area contributed by atoms with Gasteiger partial charge in [0.15, 0.2) is 0 Å². The second-order valence-electron chi connectivity index (χ2n) is 18.2. The van der Waals surface area contributed by atoms with E-state index in [2.05, 4.69) is 111 Å². The van der Waals surface area contributed by atoms with Crippen LogP contribution < -0.4 is 5.32 Å². The Morgan fingerprint density at radius 3 is 1.32 bits per heavy atom. The molecule has 0 aliphatic heterocycles. The first-order valence-electron chi connectivity index (χ1n) is 27.3. The van der Waals surface area contributed by atoms with Crippen LogP contribution in [0.2, 0.25) is 0 Å². The van der Waals surface area contributed by atoms with E-state index in [1.165, 1.54) is 109 Å². The van der Waals surface area contributed by atoms with Crippen LogP contribution in [0.3, 0.4) is 0 Å². The van der Waals surface area contributed by atoms with Crippen molar-refractivity contribution in [2.24, 2.45) is 0 Å². The molecule has 0 aromatic rings. The van der Waals surface area contributed by atoms with Gasteiger partial charge in [0.25, 0.3) is 0 Å². The Morgan fingerprint density at radius 1 is 0.462 bits per heavy atom. The summed E-state index contributed by atoms with van der Waals surface area (Å²) in [6, 6.07) is -0.726. The lowest BCUT2D eigenvalue weighted by molar-refractivity contribution is -0.151. The zero-order chi connectivity index (χ0) is 47.4. The van der Waals surface area contributed by atoms with Gasteiger partial charge in [-0.3, -0.25) is 9.59 Å². The van der Waals surface area contributed by atoms with Crippen molar-refractivity contribution in [3.05, 3.63) is 85.1 Å². The number of nitrogens with one attached hydrogen (secondary N) is 1. The van der Waals surface area contributed by atoms with Crippen molar-refractivity contribution in [1.82, 2.24) is 5.32 Å². The third kappa shape index (κ3) is 47.3. The van der Waals surface area contributed by atoms with Crippen LogP contribution in [0, 0.1) is 0 Å². The van der Waals surface area contributed by atoms with E-state index < -0.39 is 18.2 Å². The Hall–Kier alpha value is -2.96. The minimum absolute atomic E-state index is 0.0311. The molecular formula is C59H103NO5. The highest BCUT2D eigenvalue weighted by Crippen LogP contribution is 2.17. The van der Waals surface area contributed by atoms with Crippen LogP contribution in [-0.4, -0.2) is 46.9 Å². The third-order valence-electron chi connectivity index (χ3n) is 12.0. The highest BCUT2D eigenvalue weighted by atomic mass is 16.5. The summed E-state index contributed by atoms with van der Waals surface area (Å²) >= 11 is 0. The summed E-state index contributed by atoms with van der Waals surface area (Å²) in [5, 5.41) is 23.8. The van der Waals surface area contributed by atoms with E-state index in [1.54, 1.807) is 0 Å². The molecule has 0 fully saturated rings. The number of carbonyl (C=O) groups is 2. The predicted molar refractivity (Wildman–Crippen MR) is 282 cm³/mol. The minimum atomic E-state index is -0.808.